The first-order valence-electron chi connectivity index (χ1n) is 8.30. The largest absolute Gasteiger partial charge is 0.478 e. The molecule has 10 heteroatoms. The average Bonchev–Trinajstić information content (AvgIpc) is 2.90. The Bertz CT molecular complexity index is 777. The van der Waals surface area contributed by atoms with Gasteiger partial charge in [0.15, 0.2) is 0 Å². The maximum Gasteiger partial charge on any atom is 0.340 e. The Kier molecular flexibility index (Phi) is 6.43. The van der Waals surface area contributed by atoms with Crippen molar-refractivity contribution in [1.29, 1.82) is 0 Å². The molecular weight excluding hydrogens is 364 g/mol. The van der Waals surface area contributed by atoms with Gasteiger partial charge in [-0.15, -0.1) is 0 Å². The Balaban J connectivity index is 2.12. The van der Waals surface area contributed by atoms with Crippen LogP contribution in [0.15, 0.2) is 9.31 Å². The first kappa shape index (κ1) is 20.4. The van der Waals surface area contributed by atoms with Crippen LogP contribution in [0.5, 0.6) is 0 Å². The summed E-state index contributed by atoms with van der Waals surface area (Å²) in [7, 11) is -2.45. The third-order valence-electron chi connectivity index (χ3n) is 4.35. The van der Waals surface area contributed by atoms with E-state index in [1.807, 2.05) is 0 Å². The fourth-order valence-corrected chi connectivity index (χ4v) is 4.85. The predicted octanol–water partition coefficient (Wildman–Crippen LogP) is 0.854. The topological polar surface area (TPSA) is 117 Å². The summed E-state index contributed by atoms with van der Waals surface area (Å²) in [5, 5.41) is 9.33. The molecule has 9 nitrogen and oxygen atoms in total. The van der Waals surface area contributed by atoms with Crippen LogP contribution in [0.25, 0.3) is 0 Å². The number of rotatable bonds is 7. The zero-order valence-corrected chi connectivity index (χ0v) is 16.0. The number of carbonyl (C=O) groups is 2. The van der Waals surface area contributed by atoms with Gasteiger partial charge in [-0.1, -0.05) is 0 Å². The molecule has 0 aliphatic carbocycles. The summed E-state index contributed by atoms with van der Waals surface area (Å²) in [5.41, 5.74) is -0.333. The molecule has 1 aromatic heterocycles. The van der Waals surface area contributed by atoms with Crippen LogP contribution in [0, 0.1) is 13.8 Å². The third kappa shape index (κ3) is 4.08. The molecule has 0 radical (unpaired) electrons. The minimum Gasteiger partial charge on any atom is -0.478 e. The van der Waals surface area contributed by atoms with Gasteiger partial charge in [-0.25, -0.2) is 13.2 Å². The first-order valence-corrected chi connectivity index (χ1v) is 9.74. The number of furan rings is 1. The number of hydrogen-bond acceptors (Lipinski definition) is 6. The molecule has 0 aromatic carbocycles. The van der Waals surface area contributed by atoms with E-state index in [4.69, 9.17) is 9.15 Å². The van der Waals surface area contributed by atoms with Crippen LogP contribution in [0.1, 0.15) is 34.7 Å². The second-order valence-corrected chi connectivity index (χ2v) is 7.98. The SMILES string of the molecule is COCCCC(=O)N1CCN(S(=O)(=O)c2c(C)oc(C)c2C(=O)O)CC1. The second-order valence-electron chi connectivity index (χ2n) is 6.10. The Hall–Kier alpha value is -1.91. The number of ether oxygens (including phenoxy) is 1. The van der Waals surface area contributed by atoms with E-state index in [1.165, 1.54) is 18.2 Å². The van der Waals surface area contributed by atoms with Crippen LogP contribution >= 0.6 is 0 Å². The zero-order valence-electron chi connectivity index (χ0n) is 15.1. The van der Waals surface area contributed by atoms with E-state index in [0.717, 1.165) is 0 Å². The summed E-state index contributed by atoms with van der Waals surface area (Å²) in [6.45, 7) is 4.11. The molecule has 1 aromatic rings. The van der Waals surface area contributed by atoms with E-state index in [2.05, 4.69) is 0 Å². The summed E-state index contributed by atoms with van der Waals surface area (Å²) < 4.78 is 37.2. The molecule has 1 aliphatic rings. The molecule has 1 fully saturated rings. The molecule has 146 valence electrons. The van der Waals surface area contributed by atoms with Crippen molar-refractivity contribution in [1.82, 2.24) is 9.21 Å². The smallest absolute Gasteiger partial charge is 0.340 e. The fraction of sp³-hybridized carbons (Fsp3) is 0.625. The molecule has 26 heavy (non-hydrogen) atoms. The quantitative estimate of drug-likeness (QED) is 0.688. The van der Waals surface area contributed by atoms with Gasteiger partial charge in [0.2, 0.25) is 15.9 Å². The highest BCUT2D eigenvalue weighted by atomic mass is 32.2. The highest BCUT2D eigenvalue weighted by Gasteiger charge is 2.37. The van der Waals surface area contributed by atoms with E-state index in [0.29, 0.717) is 19.4 Å². The first-order chi connectivity index (χ1) is 12.2. The summed E-state index contributed by atoms with van der Waals surface area (Å²) in [4.78, 5) is 24.9. The Morgan fingerprint density at radius 2 is 1.77 bits per heavy atom. The van der Waals surface area contributed by atoms with Crippen LogP contribution in [-0.2, 0) is 19.6 Å². The lowest BCUT2D eigenvalue weighted by molar-refractivity contribution is -0.132. The molecule has 1 aliphatic heterocycles. The van der Waals surface area contributed by atoms with Gasteiger partial charge in [0, 0.05) is 46.3 Å². The number of sulfonamides is 1. The van der Waals surface area contributed by atoms with E-state index < -0.39 is 16.0 Å². The fourth-order valence-electron chi connectivity index (χ4n) is 3.05. The molecule has 1 saturated heterocycles. The maximum atomic E-state index is 12.9. The number of amides is 1. The molecule has 0 atom stereocenters. The minimum atomic E-state index is -4.02. The Morgan fingerprint density at radius 1 is 1.15 bits per heavy atom. The molecule has 0 saturated carbocycles. The van der Waals surface area contributed by atoms with Crippen molar-refractivity contribution in [2.45, 2.75) is 31.6 Å². The molecule has 1 amide bonds. The Morgan fingerprint density at radius 3 is 2.31 bits per heavy atom. The normalized spacial score (nSPS) is 16.0. The predicted molar refractivity (Wildman–Crippen MR) is 91.6 cm³/mol. The summed E-state index contributed by atoms with van der Waals surface area (Å²) >= 11 is 0. The van der Waals surface area contributed by atoms with Crippen LogP contribution in [0.2, 0.25) is 0 Å². The highest BCUT2D eigenvalue weighted by Crippen LogP contribution is 2.29. The number of aryl methyl sites for hydroxylation is 2. The second kappa shape index (κ2) is 8.19. The van der Waals surface area contributed by atoms with Crippen LogP contribution in [-0.4, -0.2) is 74.5 Å². The average molecular weight is 388 g/mol. The molecule has 0 unspecified atom stereocenters. The third-order valence-corrected chi connectivity index (χ3v) is 6.40. The summed E-state index contributed by atoms with van der Waals surface area (Å²) in [6, 6.07) is 0. The number of carbonyl (C=O) groups excluding carboxylic acids is 1. The van der Waals surface area contributed by atoms with Gasteiger partial charge in [0.05, 0.1) is 0 Å². The van der Waals surface area contributed by atoms with Crippen molar-refractivity contribution >= 4 is 21.9 Å². The van der Waals surface area contributed by atoms with Gasteiger partial charge in [0.1, 0.15) is 22.0 Å². The van der Waals surface area contributed by atoms with Gasteiger partial charge in [-0.3, -0.25) is 4.79 Å². The van der Waals surface area contributed by atoms with Crippen LogP contribution in [0.4, 0.5) is 0 Å². The lowest BCUT2D eigenvalue weighted by atomic mass is 10.2. The maximum absolute atomic E-state index is 12.9. The molecule has 0 bridgehead atoms. The summed E-state index contributed by atoms with van der Waals surface area (Å²) in [6.07, 6.45) is 0.965. The van der Waals surface area contributed by atoms with E-state index in [-0.39, 0.29) is 54.1 Å². The van der Waals surface area contributed by atoms with Crippen molar-refractivity contribution in [3.05, 3.63) is 17.1 Å². The molecular formula is C16H24N2O7S. The van der Waals surface area contributed by atoms with Gasteiger partial charge in [-0.05, 0) is 20.3 Å². The number of aromatic carboxylic acids is 1. The lowest BCUT2D eigenvalue weighted by Gasteiger charge is -2.34. The lowest BCUT2D eigenvalue weighted by Crippen LogP contribution is -2.50. The van der Waals surface area contributed by atoms with Crippen LogP contribution in [0.3, 0.4) is 0 Å². The number of nitrogens with zero attached hydrogens (tertiary/aromatic N) is 2. The van der Waals surface area contributed by atoms with Gasteiger partial charge in [-0.2, -0.15) is 4.31 Å². The number of hydrogen-bond donors (Lipinski definition) is 1. The van der Waals surface area contributed by atoms with Crippen molar-refractivity contribution in [3.63, 3.8) is 0 Å². The van der Waals surface area contributed by atoms with Crippen LogP contribution < -0.4 is 0 Å². The molecule has 2 heterocycles. The van der Waals surface area contributed by atoms with Gasteiger partial charge < -0.3 is 19.2 Å². The number of carboxylic acid groups (broad SMARTS) is 1. The number of methoxy groups -OCH3 is 1. The van der Waals surface area contributed by atoms with Gasteiger partial charge in [0.25, 0.3) is 0 Å². The van der Waals surface area contributed by atoms with Crippen molar-refractivity contribution in [3.8, 4) is 0 Å². The highest BCUT2D eigenvalue weighted by molar-refractivity contribution is 7.89. The number of piperazine rings is 1. The van der Waals surface area contributed by atoms with E-state index >= 15 is 0 Å². The zero-order chi connectivity index (χ0) is 19.5. The monoisotopic (exact) mass is 388 g/mol. The molecule has 2 rings (SSSR count). The van der Waals surface area contributed by atoms with Gasteiger partial charge >= 0.3 is 5.97 Å². The Labute approximate surface area is 152 Å². The molecule has 0 spiro atoms. The number of carboxylic acids is 1. The van der Waals surface area contributed by atoms with Crippen molar-refractivity contribution in [2.24, 2.45) is 0 Å². The van der Waals surface area contributed by atoms with Crippen molar-refractivity contribution < 1.29 is 32.3 Å². The standard InChI is InChI=1S/C16H24N2O7S/c1-11-14(16(20)21)15(12(2)25-11)26(22,23)18-8-6-17(7-9-18)13(19)5-4-10-24-3/h4-10H2,1-3H3,(H,20,21). The van der Waals surface area contributed by atoms with Crippen molar-refractivity contribution in [2.75, 3.05) is 39.9 Å². The minimum absolute atomic E-state index is 0.0411. The molecule has 1 N–H and O–H groups in total. The van der Waals surface area contributed by atoms with E-state index in [9.17, 15) is 23.1 Å². The van der Waals surface area contributed by atoms with E-state index in [1.54, 1.807) is 12.0 Å². The summed E-state index contributed by atoms with van der Waals surface area (Å²) in [5.74, 6) is -1.27.